The van der Waals surface area contributed by atoms with Crippen LogP contribution in [-0.2, 0) is 0 Å². The Hall–Kier alpha value is -2.48. The first kappa shape index (κ1) is 25.6. The van der Waals surface area contributed by atoms with Crippen LogP contribution in [0.1, 0.15) is 87.2 Å². The zero-order valence-corrected chi connectivity index (χ0v) is 19.9. The van der Waals surface area contributed by atoms with Crippen molar-refractivity contribution in [2.45, 2.75) is 73.1 Å². The van der Waals surface area contributed by atoms with Crippen molar-refractivity contribution < 1.29 is 4.39 Å². The Morgan fingerprint density at radius 3 is 1.67 bits per heavy atom. The molecule has 0 bridgehead atoms. The molecule has 0 aliphatic heterocycles. The van der Waals surface area contributed by atoms with Gasteiger partial charge in [0.05, 0.1) is 0 Å². The molecular formula is C28H38FN. The quantitative estimate of drug-likeness (QED) is 0.423. The number of halogens is 1. The predicted octanol–water partition coefficient (Wildman–Crippen LogP) is 8.58. The molecule has 1 aromatic heterocycles. The molecule has 0 saturated carbocycles. The van der Waals surface area contributed by atoms with Crippen molar-refractivity contribution >= 4 is 0 Å². The normalized spacial score (nSPS) is 10.4. The molecule has 2 heteroatoms. The van der Waals surface area contributed by atoms with Gasteiger partial charge in [0, 0.05) is 11.9 Å². The number of nitrogens with zero attached hydrogens (tertiary/aromatic N) is 1. The smallest absolute Gasteiger partial charge is 0.123 e. The molecule has 0 fully saturated rings. The Labute approximate surface area is 183 Å². The molecule has 0 aliphatic carbocycles. The highest BCUT2D eigenvalue weighted by molar-refractivity contribution is 5.28. The zero-order chi connectivity index (χ0) is 22.7. The summed E-state index contributed by atoms with van der Waals surface area (Å²) in [6.07, 6.45) is 1.83. The summed E-state index contributed by atoms with van der Waals surface area (Å²) in [6.45, 7) is 17.1. The maximum Gasteiger partial charge on any atom is 0.123 e. The van der Waals surface area contributed by atoms with E-state index in [9.17, 15) is 4.39 Å². The fourth-order valence-electron chi connectivity index (χ4n) is 3.21. The van der Waals surface area contributed by atoms with E-state index in [4.69, 9.17) is 0 Å². The average Bonchev–Trinajstić information content (AvgIpc) is 2.69. The molecule has 0 aliphatic rings. The van der Waals surface area contributed by atoms with E-state index < -0.39 is 0 Å². The number of rotatable bonds is 3. The van der Waals surface area contributed by atoms with E-state index >= 15 is 0 Å². The van der Waals surface area contributed by atoms with Gasteiger partial charge in [0.2, 0.25) is 0 Å². The molecule has 0 unspecified atom stereocenters. The van der Waals surface area contributed by atoms with E-state index in [0.717, 1.165) is 11.3 Å². The number of aryl methyl sites for hydroxylation is 2. The Morgan fingerprint density at radius 2 is 1.27 bits per heavy atom. The van der Waals surface area contributed by atoms with E-state index in [1.807, 2.05) is 18.3 Å². The van der Waals surface area contributed by atoms with Gasteiger partial charge in [-0.1, -0.05) is 84.0 Å². The van der Waals surface area contributed by atoms with Crippen LogP contribution in [0.5, 0.6) is 0 Å². The molecule has 0 radical (unpaired) electrons. The predicted molar refractivity (Wildman–Crippen MR) is 129 cm³/mol. The van der Waals surface area contributed by atoms with Gasteiger partial charge in [0.1, 0.15) is 5.82 Å². The molecule has 162 valence electrons. The average molecular weight is 408 g/mol. The van der Waals surface area contributed by atoms with Gasteiger partial charge < -0.3 is 0 Å². The van der Waals surface area contributed by atoms with Crippen molar-refractivity contribution in [2.75, 3.05) is 0 Å². The molecule has 0 spiro atoms. The summed E-state index contributed by atoms with van der Waals surface area (Å²) in [7, 11) is 0. The van der Waals surface area contributed by atoms with E-state index in [1.54, 1.807) is 12.1 Å². The summed E-state index contributed by atoms with van der Waals surface area (Å²) >= 11 is 0. The largest absolute Gasteiger partial charge is 0.261 e. The molecular weight excluding hydrogens is 369 g/mol. The summed E-state index contributed by atoms with van der Waals surface area (Å²) in [5.74, 6) is 1.51. The first-order valence-corrected chi connectivity index (χ1v) is 10.9. The monoisotopic (exact) mass is 407 g/mol. The third kappa shape index (κ3) is 8.90. The van der Waals surface area contributed by atoms with Gasteiger partial charge >= 0.3 is 0 Å². The fourth-order valence-corrected chi connectivity index (χ4v) is 3.21. The molecule has 3 rings (SSSR count). The van der Waals surface area contributed by atoms with Gasteiger partial charge in [-0.05, 0) is 72.1 Å². The van der Waals surface area contributed by atoms with Crippen LogP contribution in [0.25, 0.3) is 0 Å². The first-order chi connectivity index (χ1) is 14.1. The van der Waals surface area contributed by atoms with Crippen molar-refractivity contribution in [3.8, 4) is 0 Å². The molecule has 0 N–H and O–H groups in total. The second-order valence-corrected chi connectivity index (χ2v) is 8.55. The van der Waals surface area contributed by atoms with E-state index in [0.29, 0.717) is 17.8 Å². The van der Waals surface area contributed by atoms with Gasteiger partial charge in [0.25, 0.3) is 0 Å². The summed E-state index contributed by atoms with van der Waals surface area (Å²) in [5.41, 5.74) is 6.42. The van der Waals surface area contributed by atoms with Crippen molar-refractivity contribution in [2.24, 2.45) is 0 Å². The highest BCUT2D eigenvalue weighted by Gasteiger charge is 2.01. The van der Waals surface area contributed by atoms with Crippen LogP contribution in [0.15, 0.2) is 66.9 Å². The zero-order valence-electron chi connectivity index (χ0n) is 19.9. The molecule has 3 aromatic rings. The Morgan fingerprint density at radius 1 is 0.667 bits per heavy atom. The molecule has 1 nitrogen and oxygen atoms in total. The summed E-state index contributed by atoms with van der Waals surface area (Å²) in [6, 6.07) is 19.4. The minimum Gasteiger partial charge on any atom is -0.261 e. The number of hydrogen-bond acceptors (Lipinski definition) is 1. The maximum atomic E-state index is 12.5. The number of aromatic nitrogens is 1. The second kappa shape index (κ2) is 13.0. The van der Waals surface area contributed by atoms with Crippen molar-refractivity contribution in [3.63, 3.8) is 0 Å². The molecule has 0 atom stereocenters. The highest BCUT2D eigenvalue weighted by Crippen LogP contribution is 2.17. The van der Waals surface area contributed by atoms with Gasteiger partial charge in [-0.25, -0.2) is 4.39 Å². The van der Waals surface area contributed by atoms with E-state index in [2.05, 4.69) is 90.7 Å². The van der Waals surface area contributed by atoms with Crippen LogP contribution in [-0.4, -0.2) is 4.98 Å². The summed E-state index contributed by atoms with van der Waals surface area (Å²) in [4.78, 5) is 4.20. The van der Waals surface area contributed by atoms with Crippen molar-refractivity contribution in [1.29, 1.82) is 0 Å². The lowest BCUT2D eigenvalue weighted by Gasteiger charge is -2.07. The molecule has 2 aromatic carbocycles. The van der Waals surface area contributed by atoms with Gasteiger partial charge in [-0.3, -0.25) is 4.98 Å². The van der Waals surface area contributed by atoms with E-state index in [1.165, 1.54) is 22.8 Å². The molecule has 0 amide bonds. The van der Waals surface area contributed by atoms with Gasteiger partial charge in [-0.15, -0.1) is 0 Å². The lowest BCUT2D eigenvalue weighted by molar-refractivity contribution is 0.623. The highest BCUT2D eigenvalue weighted by atomic mass is 19.1. The number of hydrogen-bond donors (Lipinski definition) is 0. The van der Waals surface area contributed by atoms with Crippen LogP contribution in [0, 0.1) is 19.7 Å². The third-order valence-corrected chi connectivity index (χ3v) is 5.00. The lowest BCUT2D eigenvalue weighted by Crippen LogP contribution is -1.92. The van der Waals surface area contributed by atoms with Crippen LogP contribution in [0.3, 0.4) is 0 Å². The standard InChI is InChI=1S/C10H14.C9H11F.C9H13N/c1-8(2)10-7-5-4-6-9(10)3;1-7(2)8-4-3-5-9(10)6-8;1-7(2)9-5-4-6-10-8(9)3/h4-8H,1-3H3;3-7H,1-2H3;4-7H,1-3H3. The first-order valence-electron chi connectivity index (χ1n) is 10.9. The summed E-state index contributed by atoms with van der Waals surface area (Å²) in [5, 5.41) is 0. The maximum absolute atomic E-state index is 12.5. The van der Waals surface area contributed by atoms with Crippen LogP contribution < -0.4 is 0 Å². The fraction of sp³-hybridized carbons (Fsp3) is 0.393. The SMILES string of the molecule is CC(C)c1cccc(F)c1.Cc1ccccc1C(C)C.Cc1ncccc1C(C)C. The number of pyridine rings is 1. The van der Waals surface area contributed by atoms with Crippen molar-refractivity contribution in [3.05, 3.63) is 101 Å². The van der Waals surface area contributed by atoms with Crippen LogP contribution >= 0.6 is 0 Å². The van der Waals surface area contributed by atoms with Crippen molar-refractivity contribution in [1.82, 2.24) is 4.98 Å². The van der Waals surface area contributed by atoms with Crippen LogP contribution in [0.2, 0.25) is 0 Å². The second-order valence-electron chi connectivity index (χ2n) is 8.55. The Bertz CT molecular complexity index is 832. The third-order valence-electron chi connectivity index (χ3n) is 5.00. The van der Waals surface area contributed by atoms with Crippen LogP contribution in [0.4, 0.5) is 4.39 Å². The topological polar surface area (TPSA) is 12.9 Å². The molecule has 0 saturated heterocycles. The van der Waals surface area contributed by atoms with Gasteiger partial charge in [0.15, 0.2) is 0 Å². The number of benzene rings is 2. The van der Waals surface area contributed by atoms with Gasteiger partial charge in [-0.2, -0.15) is 0 Å². The Kier molecular flexibility index (Phi) is 11.0. The minimum absolute atomic E-state index is 0.147. The summed E-state index contributed by atoms with van der Waals surface area (Å²) < 4.78 is 12.5. The Balaban J connectivity index is 0.000000225. The van der Waals surface area contributed by atoms with E-state index in [-0.39, 0.29) is 5.82 Å². The minimum atomic E-state index is -0.147. The molecule has 30 heavy (non-hydrogen) atoms. The lowest BCUT2D eigenvalue weighted by atomic mass is 9.99. The molecule has 1 heterocycles.